The lowest BCUT2D eigenvalue weighted by Crippen LogP contribution is -2.38. The number of rotatable bonds is 5. The molecule has 0 spiro atoms. The van der Waals surface area contributed by atoms with Gasteiger partial charge in [0.2, 0.25) is 0 Å². The minimum absolute atomic E-state index is 0.0588. The summed E-state index contributed by atoms with van der Waals surface area (Å²) in [5.74, 6) is 0.312. The molecule has 27 heavy (non-hydrogen) atoms. The lowest BCUT2D eigenvalue weighted by molar-refractivity contribution is 0.207. The molecule has 4 rings (SSSR count). The fourth-order valence-electron chi connectivity index (χ4n) is 3.26. The molecule has 0 saturated carbocycles. The predicted octanol–water partition coefficient (Wildman–Crippen LogP) is 3.89. The minimum Gasteiger partial charge on any atom is -0.484 e. The fraction of sp³-hybridized carbons (Fsp3) is 0.368. The Labute approximate surface area is 160 Å². The van der Waals surface area contributed by atoms with Gasteiger partial charge in [0.25, 0.3) is 0 Å². The molecule has 2 N–H and O–H groups in total. The second-order valence-electron chi connectivity index (χ2n) is 6.93. The van der Waals surface area contributed by atoms with E-state index in [2.05, 4.69) is 22.2 Å². The highest BCUT2D eigenvalue weighted by Crippen LogP contribution is 2.26. The Bertz CT molecular complexity index is 941. The van der Waals surface area contributed by atoms with Crippen molar-refractivity contribution in [3.63, 3.8) is 0 Å². The molecule has 6 nitrogen and oxygen atoms in total. The van der Waals surface area contributed by atoms with Gasteiger partial charge < -0.3 is 19.9 Å². The zero-order chi connectivity index (χ0) is 18.8. The quantitative estimate of drug-likeness (QED) is 0.697. The number of halogens is 1. The zero-order valence-corrected chi connectivity index (χ0v) is 15.8. The third kappa shape index (κ3) is 4.05. The Kier molecular flexibility index (Phi) is 4.98. The maximum Gasteiger partial charge on any atom is 0.317 e. The first kappa shape index (κ1) is 17.8. The summed E-state index contributed by atoms with van der Waals surface area (Å²) in [5, 5.41) is 5.53. The number of ether oxygens (including phenoxy) is 1. The number of hydrogen-bond acceptors (Lipinski definition) is 4. The van der Waals surface area contributed by atoms with Crippen molar-refractivity contribution < 1.29 is 13.9 Å². The van der Waals surface area contributed by atoms with Gasteiger partial charge in [-0.1, -0.05) is 6.92 Å². The van der Waals surface area contributed by atoms with Gasteiger partial charge >= 0.3 is 6.03 Å². The maximum atomic E-state index is 14.3. The van der Waals surface area contributed by atoms with Crippen LogP contribution in [0.5, 0.6) is 5.75 Å². The Morgan fingerprint density at radius 3 is 3.11 bits per heavy atom. The van der Waals surface area contributed by atoms with E-state index < -0.39 is 5.82 Å². The average Bonchev–Trinajstić information content (AvgIpc) is 3.38. The Balaban J connectivity index is 1.41. The largest absolute Gasteiger partial charge is 0.484 e. The van der Waals surface area contributed by atoms with Crippen LogP contribution in [0.3, 0.4) is 0 Å². The Morgan fingerprint density at radius 1 is 1.48 bits per heavy atom. The van der Waals surface area contributed by atoms with Crippen LogP contribution in [0.25, 0.3) is 10.9 Å². The summed E-state index contributed by atoms with van der Waals surface area (Å²) in [4.78, 5) is 21.4. The normalized spacial score (nSPS) is 16.8. The maximum absolute atomic E-state index is 14.3. The van der Waals surface area contributed by atoms with Gasteiger partial charge in [-0.2, -0.15) is 0 Å². The van der Waals surface area contributed by atoms with Crippen molar-refractivity contribution >= 4 is 28.3 Å². The number of aromatic nitrogens is 2. The number of amides is 2. The minimum atomic E-state index is -0.418. The van der Waals surface area contributed by atoms with Gasteiger partial charge in [0.15, 0.2) is 11.6 Å². The number of nitrogens with one attached hydrogen (secondary N) is 2. The highest BCUT2D eigenvalue weighted by molar-refractivity contribution is 7.07. The van der Waals surface area contributed by atoms with Gasteiger partial charge in [-0.3, -0.25) is 0 Å². The molecule has 3 aromatic rings. The highest BCUT2D eigenvalue weighted by atomic mass is 32.1. The van der Waals surface area contributed by atoms with Gasteiger partial charge in [-0.05, 0) is 24.5 Å². The molecular weight excluding hydrogens is 367 g/mol. The van der Waals surface area contributed by atoms with Gasteiger partial charge in [0, 0.05) is 41.1 Å². The summed E-state index contributed by atoms with van der Waals surface area (Å²) in [7, 11) is 0. The van der Waals surface area contributed by atoms with E-state index in [4.69, 9.17) is 4.74 Å². The van der Waals surface area contributed by atoms with Gasteiger partial charge in [0.1, 0.15) is 6.61 Å². The van der Waals surface area contributed by atoms with Crippen LogP contribution in [0.1, 0.15) is 24.7 Å². The van der Waals surface area contributed by atoms with E-state index in [1.165, 1.54) is 17.4 Å². The van der Waals surface area contributed by atoms with E-state index in [-0.39, 0.29) is 18.4 Å². The average molecular weight is 388 g/mol. The van der Waals surface area contributed by atoms with Crippen molar-refractivity contribution in [2.24, 2.45) is 5.92 Å². The predicted molar refractivity (Wildman–Crippen MR) is 102 cm³/mol. The zero-order valence-electron chi connectivity index (χ0n) is 15.0. The lowest BCUT2D eigenvalue weighted by atomic mass is 10.2. The van der Waals surface area contributed by atoms with Crippen LogP contribution in [0.4, 0.5) is 9.18 Å². The number of hydrogen-bond donors (Lipinski definition) is 2. The van der Waals surface area contributed by atoms with Gasteiger partial charge in [-0.25, -0.2) is 14.2 Å². The number of thiazole rings is 1. The van der Waals surface area contributed by atoms with Gasteiger partial charge in [0.05, 0.1) is 17.7 Å². The number of aromatic amines is 1. The molecule has 8 heteroatoms. The SMILES string of the molecule is C[C@@H]1CCN(C(=O)NCc2cc3cc(F)c(OCc4cscn4)cc3[nH]2)C1. The molecule has 0 radical (unpaired) electrons. The van der Waals surface area contributed by atoms with Crippen molar-refractivity contribution in [1.29, 1.82) is 0 Å². The smallest absolute Gasteiger partial charge is 0.317 e. The molecule has 1 fully saturated rings. The summed E-state index contributed by atoms with van der Waals surface area (Å²) in [6, 6.07) is 4.87. The fourth-order valence-corrected chi connectivity index (χ4v) is 3.80. The summed E-state index contributed by atoms with van der Waals surface area (Å²) < 4.78 is 19.8. The highest BCUT2D eigenvalue weighted by Gasteiger charge is 2.22. The number of H-pyrrole nitrogens is 1. The number of nitrogens with zero attached hydrogens (tertiary/aromatic N) is 2. The molecular formula is C19H21FN4O2S. The van der Waals surface area contributed by atoms with E-state index in [1.54, 1.807) is 11.6 Å². The third-order valence-electron chi connectivity index (χ3n) is 4.73. The van der Waals surface area contributed by atoms with Crippen molar-refractivity contribution in [2.45, 2.75) is 26.5 Å². The summed E-state index contributed by atoms with van der Waals surface area (Å²) in [5.41, 5.74) is 4.07. The lowest BCUT2D eigenvalue weighted by Gasteiger charge is -2.16. The second kappa shape index (κ2) is 7.56. The van der Waals surface area contributed by atoms with E-state index in [0.29, 0.717) is 12.5 Å². The van der Waals surface area contributed by atoms with Crippen molar-refractivity contribution in [2.75, 3.05) is 13.1 Å². The molecule has 1 aliphatic rings. The molecule has 0 aliphatic carbocycles. The van der Waals surface area contributed by atoms with E-state index in [9.17, 15) is 9.18 Å². The number of carbonyl (C=O) groups excluding carboxylic acids is 1. The topological polar surface area (TPSA) is 70.2 Å². The van der Waals surface area contributed by atoms with E-state index >= 15 is 0 Å². The van der Waals surface area contributed by atoms with Crippen LogP contribution < -0.4 is 10.1 Å². The summed E-state index contributed by atoms with van der Waals surface area (Å²) in [6.07, 6.45) is 1.04. The van der Waals surface area contributed by atoms with Crippen molar-refractivity contribution in [3.05, 3.63) is 46.3 Å². The molecule has 1 aliphatic heterocycles. The molecule has 2 amide bonds. The Hall–Kier alpha value is -2.61. The molecule has 0 unspecified atom stereocenters. The molecule has 1 aromatic carbocycles. The number of benzene rings is 1. The van der Waals surface area contributed by atoms with Crippen LogP contribution >= 0.6 is 11.3 Å². The van der Waals surface area contributed by atoms with Crippen molar-refractivity contribution in [3.8, 4) is 5.75 Å². The summed E-state index contributed by atoms with van der Waals surface area (Å²) in [6.45, 7) is 4.33. The van der Waals surface area contributed by atoms with Gasteiger partial charge in [-0.15, -0.1) is 11.3 Å². The standard InChI is InChI=1S/C19H21FN4O2S/c1-12-2-3-24(8-12)19(25)21-7-14-4-13-5-16(20)18(6-17(13)23-14)26-9-15-10-27-11-22-15/h4-6,10-12,23H,2-3,7-9H2,1H3,(H,21,25)/t12-/m1/s1. The Morgan fingerprint density at radius 2 is 2.37 bits per heavy atom. The first-order chi connectivity index (χ1) is 13.1. The first-order valence-corrected chi connectivity index (χ1v) is 9.86. The van der Waals surface area contributed by atoms with Crippen LogP contribution in [-0.4, -0.2) is 34.0 Å². The van der Waals surface area contributed by atoms with E-state index in [0.717, 1.165) is 41.8 Å². The molecule has 1 atom stereocenters. The van der Waals surface area contributed by atoms with Crippen LogP contribution in [-0.2, 0) is 13.2 Å². The van der Waals surface area contributed by atoms with E-state index in [1.807, 2.05) is 16.3 Å². The number of urea groups is 1. The molecule has 3 heterocycles. The number of carbonyl (C=O) groups is 1. The number of likely N-dealkylation sites (tertiary alicyclic amines) is 1. The molecule has 1 saturated heterocycles. The monoisotopic (exact) mass is 388 g/mol. The summed E-state index contributed by atoms with van der Waals surface area (Å²) >= 11 is 1.47. The third-order valence-corrected chi connectivity index (χ3v) is 5.36. The molecule has 0 bridgehead atoms. The van der Waals surface area contributed by atoms with Crippen LogP contribution in [0.2, 0.25) is 0 Å². The first-order valence-electron chi connectivity index (χ1n) is 8.92. The molecule has 142 valence electrons. The van der Waals surface area contributed by atoms with Crippen LogP contribution in [0.15, 0.2) is 29.1 Å². The molecule has 2 aromatic heterocycles. The van der Waals surface area contributed by atoms with Crippen molar-refractivity contribution in [1.82, 2.24) is 20.2 Å². The number of fused-ring (bicyclic) bond motifs is 1. The second-order valence-corrected chi connectivity index (χ2v) is 7.65. The van der Waals surface area contributed by atoms with Crippen LogP contribution in [0, 0.1) is 11.7 Å².